The quantitative estimate of drug-likeness (QED) is 0.627. The molecule has 0 aliphatic carbocycles. The molecule has 0 heterocycles. The van der Waals surface area contributed by atoms with Gasteiger partial charge in [-0.25, -0.2) is 0 Å². The first-order chi connectivity index (χ1) is 7.06. The molecular weight excluding hydrogens is 184 g/mol. The molecule has 15 heavy (non-hydrogen) atoms. The van der Waals surface area contributed by atoms with Crippen LogP contribution in [-0.2, 0) is 0 Å². The fourth-order valence-electron chi connectivity index (χ4n) is 1.31. The van der Waals surface area contributed by atoms with Crippen molar-refractivity contribution >= 4 is 0 Å². The van der Waals surface area contributed by atoms with Gasteiger partial charge in [-0.15, -0.1) is 6.58 Å². The van der Waals surface area contributed by atoms with Crippen molar-refractivity contribution in [1.29, 1.82) is 0 Å². The Bertz CT molecular complexity index is 232. The summed E-state index contributed by atoms with van der Waals surface area (Å²) in [5, 5.41) is 9.26. The van der Waals surface area contributed by atoms with Gasteiger partial charge in [0.05, 0.1) is 6.10 Å². The van der Waals surface area contributed by atoms with E-state index in [-0.39, 0.29) is 6.10 Å². The first kappa shape index (κ1) is 14.2. The van der Waals surface area contributed by atoms with Crippen LogP contribution in [0.2, 0.25) is 0 Å². The summed E-state index contributed by atoms with van der Waals surface area (Å²) in [6.07, 6.45) is 9.67. The summed E-state index contributed by atoms with van der Waals surface area (Å²) >= 11 is 0. The van der Waals surface area contributed by atoms with Crippen molar-refractivity contribution in [2.24, 2.45) is 0 Å². The first-order valence-electron chi connectivity index (χ1n) is 5.66. The van der Waals surface area contributed by atoms with Gasteiger partial charge in [-0.3, -0.25) is 0 Å². The molecule has 0 saturated carbocycles. The van der Waals surface area contributed by atoms with Gasteiger partial charge in [-0.1, -0.05) is 29.4 Å². The lowest BCUT2D eigenvalue weighted by molar-refractivity contribution is 0.214. The van der Waals surface area contributed by atoms with Gasteiger partial charge >= 0.3 is 0 Å². The molecule has 0 radical (unpaired) electrons. The summed E-state index contributed by atoms with van der Waals surface area (Å²) in [5.74, 6) is 0. The van der Waals surface area contributed by atoms with Crippen molar-refractivity contribution in [3.05, 3.63) is 36.0 Å². The van der Waals surface area contributed by atoms with E-state index < -0.39 is 0 Å². The highest BCUT2D eigenvalue weighted by Gasteiger charge is 1.95. The maximum Gasteiger partial charge on any atom is 0.0721 e. The molecule has 0 aliphatic heterocycles. The topological polar surface area (TPSA) is 20.2 Å². The lowest BCUT2D eigenvalue weighted by Crippen LogP contribution is -1.99. The Labute approximate surface area is 94.2 Å². The van der Waals surface area contributed by atoms with Crippen LogP contribution >= 0.6 is 0 Å². The molecule has 1 N–H and O–H groups in total. The average molecular weight is 208 g/mol. The minimum Gasteiger partial charge on any atom is -0.389 e. The third-order valence-electron chi connectivity index (χ3n) is 2.32. The highest BCUT2D eigenvalue weighted by atomic mass is 16.3. The largest absolute Gasteiger partial charge is 0.389 e. The fraction of sp³-hybridized carbons (Fsp3) is 0.571. The van der Waals surface area contributed by atoms with Crippen molar-refractivity contribution in [2.75, 3.05) is 0 Å². The van der Waals surface area contributed by atoms with Gasteiger partial charge < -0.3 is 5.11 Å². The molecule has 0 aromatic carbocycles. The lowest BCUT2D eigenvalue weighted by Gasteiger charge is -2.02. The second kappa shape index (κ2) is 8.49. The number of hydrogen-bond donors (Lipinski definition) is 1. The van der Waals surface area contributed by atoms with E-state index in [1.54, 1.807) is 6.08 Å². The number of aliphatic hydroxyl groups excluding tert-OH is 1. The van der Waals surface area contributed by atoms with Gasteiger partial charge in [0.25, 0.3) is 0 Å². The molecule has 0 fully saturated rings. The summed E-state index contributed by atoms with van der Waals surface area (Å²) in [6, 6.07) is 0. The summed E-state index contributed by atoms with van der Waals surface area (Å²) in [6.45, 7) is 9.95. The number of aliphatic hydroxyl groups is 1. The van der Waals surface area contributed by atoms with Gasteiger partial charge in [-0.2, -0.15) is 0 Å². The highest BCUT2D eigenvalue weighted by molar-refractivity contribution is 5.02. The van der Waals surface area contributed by atoms with Crippen LogP contribution in [0.3, 0.4) is 0 Å². The Hall–Kier alpha value is -0.820. The van der Waals surface area contributed by atoms with Crippen LogP contribution in [0.15, 0.2) is 36.0 Å². The molecule has 1 atom stereocenters. The Morgan fingerprint density at radius 1 is 1.20 bits per heavy atom. The Balaban J connectivity index is 3.70. The predicted octanol–water partition coefficient (Wildman–Crippen LogP) is 4.01. The van der Waals surface area contributed by atoms with Gasteiger partial charge in [0.2, 0.25) is 0 Å². The molecule has 0 aromatic heterocycles. The fourth-order valence-corrected chi connectivity index (χ4v) is 1.31. The Morgan fingerprint density at radius 3 is 2.40 bits per heavy atom. The maximum absolute atomic E-state index is 9.26. The molecule has 1 nitrogen and oxygen atoms in total. The zero-order valence-electron chi connectivity index (χ0n) is 10.3. The molecule has 86 valence electrons. The smallest absolute Gasteiger partial charge is 0.0721 e. The predicted molar refractivity (Wildman–Crippen MR) is 67.9 cm³/mol. The molecule has 0 saturated heterocycles. The molecule has 0 bridgehead atoms. The van der Waals surface area contributed by atoms with E-state index in [0.29, 0.717) is 0 Å². The molecule has 0 spiro atoms. The van der Waals surface area contributed by atoms with Crippen molar-refractivity contribution in [3.8, 4) is 0 Å². The lowest BCUT2D eigenvalue weighted by atomic mass is 10.1. The van der Waals surface area contributed by atoms with E-state index in [1.807, 2.05) is 0 Å². The van der Waals surface area contributed by atoms with Crippen molar-refractivity contribution in [1.82, 2.24) is 0 Å². The number of hydrogen-bond acceptors (Lipinski definition) is 1. The van der Waals surface area contributed by atoms with Crippen molar-refractivity contribution in [3.63, 3.8) is 0 Å². The normalized spacial score (nSPS) is 13.5. The zero-order chi connectivity index (χ0) is 11.7. The standard InChI is InChI=1S/C14H24O/c1-5-14(15)11-7-10-13(4)9-6-8-12(2)3/h5,8,10,14-15H,1,6-7,9,11H2,2-4H3. The van der Waals surface area contributed by atoms with E-state index in [2.05, 4.69) is 39.5 Å². The van der Waals surface area contributed by atoms with Crippen LogP contribution in [0.5, 0.6) is 0 Å². The summed E-state index contributed by atoms with van der Waals surface area (Å²) in [4.78, 5) is 0. The van der Waals surface area contributed by atoms with Gasteiger partial charge in [-0.05, 0) is 46.5 Å². The van der Waals surface area contributed by atoms with Crippen LogP contribution < -0.4 is 0 Å². The second-order valence-electron chi connectivity index (χ2n) is 4.25. The van der Waals surface area contributed by atoms with Crippen molar-refractivity contribution < 1.29 is 5.11 Å². The third-order valence-corrected chi connectivity index (χ3v) is 2.32. The molecule has 0 rings (SSSR count). The molecule has 0 amide bonds. The number of rotatable bonds is 7. The van der Waals surface area contributed by atoms with Crippen LogP contribution in [0.4, 0.5) is 0 Å². The molecular formula is C14H24O. The molecule has 0 aromatic rings. The molecule has 1 heteroatoms. The Kier molecular flexibility index (Phi) is 8.02. The SMILES string of the molecule is C=CC(O)CCC=C(C)CCC=C(C)C. The third kappa shape index (κ3) is 9.48. The van der Waals surface area contributed by atoms with E-state index in [4.69, 9.17) is 0 Å². The van der Waals surface area contributed by atoms with E-state index in [9.17, 15) is 5.11 Å². The van der Waals surface area contributed by atoms with Crippen LogP contribution in [-0.4, -0.2) is 11.2 Å². The monoisotopic (exact) mass is 208 g/mol. The van der Waals surface area contributed by atoms with Gasteiger partial charge in [0.1, 0.15) is 0 Å². The summed E-state index contributed by atoms with van der Waals surface area (Å²) in [5.41, 5.74) is 2.79. The highest BCUT2D eigenvalue weighted by Crippen LogP contribution is 2.09. The van der Waals surface area contributed by atoms with E-state index in [1.165, 1.54) is 11.1 Å². The average Bonchev–Trinajstić information content (AvgIpc) is 2.17. The summed E-state index contributed by atoms with van der Waals surface area (Å²) < 4.78 is 0. The zero-order valence-corrected chi connectivity index (χ0v) is 10.3. The Morgan fingerprint density at radius 2 is 1.87 bits per heavy atom. The summed E-state index contributed by atoms with van der Waals surface area (Å²) in [7, 11) is 0. The van der Waals surface area contributed by atoms with Gasteiger partial charge in [0.15, 0.2) is 0 Å². The van der Waals surface area contributed by atoms with E-state index in [0.717, 1.165) is 25.7 Å². The van der Waals surface area contributed by atoms with Gasteiger partial charge in [0, 0.05) is 0 Å². The number of allylic oxidation sites excluding steroid dienone is 4. The maximum atomic E-state index is 9.26. The van der Waals surface area contributed by atoms with Crippen LogP contribution in [0, 0.1) is 0 Å². The van der Waals surface area contributed by atoms with E-state index >= 15 is 0 Å². The molecule has 1 unspecified atom stereocenters. The van der Waals surface area contributed by atoms with Crippen LogP contribution in [0.1, 0.15) is 46.5 Å². The molecule has 0 aliphatic rings. The minimum absolute atomic E-state index is 0.355. The second-order valence-corrected chi connectivity index (χ2v) is 4.25. The van der Waals surface area contributed by atoms with Crippen molar-refractivity contribution in [2.45, 2.75) is 52.6 Å². The van der Waals surface area contributed by atoms with Crippen LogP contribution in [0.25, 0.3) is 0 Å². The minimum atomic E-state index is -0.355. The first-order valence-corrected chi connectivity index (χ1v) is 5.66.